The lowest BCUT2D eigenvalue weighted by Gasteiger charge is -2.05. The van der Waals surface area contributed by atoms with E-state index in [-0.39, 0.29) is 5.28 Å². The largest absolute Gasteiger partial charge is 0.296 e. The second-order valence-electron chi connectivity index (χ2n) is 2.64. The molecule has 1 rings (SSSR count). The van der Waals surface area contributed by atoms with E-state index in [1.165, 1.54) is 4.57 Å². The Hall–Kier alpha value is -0.710. The molecule has 0 saturated carbocycles. The van der Waals surface area contributed by atoms with E-state index in [9.17, 15) is 8.78 Å². The summed E-state index contributed by atoms with van der Waals surface area (Å²) in [5.41, 5.74) is 0. The highest BCUT2D eigenvalue weighted by molar-refractivity contribution is 6.28. The minimum absolute atomic E-state index is 0.0313. The summed E-state index contributed by atoms with van der Waals surface area (Å²) in [6.07, 6.45) is -0.978. The lowest BCUT2D eigenvalue weighted by molar-refractivity contribution is 0.125. The van der Waals surface area contributed by atoms with E-state index in [4.69, 9.17) is 11.6 Å². The smallest absolute Gasteiger partial charge is 0.256 e. The van der Waals surface area contributed by atoms with Crippen LogP contribution >= 0.6 is 11.6 Å². The Bertz CT molecular complexity index is 275. The molecule has 0 aliphatic heterocycles. The van der Waals surface area contributed by atoms with Crippen LogP contribution in [-0.2, 0) is 13.0 Å². The van der Waals surface area contributed by atoms with Crippen molar-refractivity contribution in [2.24, 2.45) is 0 Å². The summed E-state index contributed by atoms with van der Waals surface area (Å²) in [6, 6.07) is 0. The van der Waals surface area contributed by atoms with E-state index in [1.54, 1.807) is 0 Å². The molecule has 0 radical (unpaired) electrons. The number of hydrogen-bond donors (Lipinski definition) is 0. The van der Waals surface area contributed by atoms with Crippen LogP contribution in [0.5, 0.6) is 0 Å². The van der Waals surface area contributed by atoms with Crippen molar-refractivity contribution >= 4 is 11.6 Å². The Morgan fingerprint density at radius 1 is 1.46 bits per heavy atom. The van der Waals surface area contributed by atoms with Crippen LogP contribution in [0.3, 0.4) is 0 Å². The SMILES string of the molecule is CCCc1nnc(Cl)n1CC(F)F. The summed E-state index contributed by atoms with van der Waals surface area (Å²) < 4.78 is 25.4. The number of rotatable bonds is 4. The van der Waals surface area contributed by atoms with Gasteiger partial charge in [-0.15, -0.1) is 10.2 Å². The normalized spacial score (nSPS) is 11.2. The van der Waals surface area contributed by atoms with E-state index in [2.05, 4.69) is 10.2 Å². The molecule has 0 spiro atoms. The molecular weight excluding hydrogens is 200 g/mol. The summed E-state index contributed by atoms with van der Waals surface area (Å²) >= 11 is 5.58. The Morgan fingerprint density at radius 3 is 2.69 bits per heavy atom. The zero-order valence-corrected chi connectivity index (χ0v) is 7.93. The van der Waals surface area contributed by atoms with Crippen molar-refractivity contribution in [3.8, 4) is 0 Å². The van der Waals surface area contributed by atoms with Gasteiger partial charge in [-0.3, -0.25) is 4.57 Å². The molecular formula is C7H10ClF2N3. The van der Waals surface area contributed by atoms with Gasteiger partial charge in [0.2, 0.25) is 5.28 Å². The Kier molecular flexibility index (Phi) is 3.59. The van der Waals surface area contributed by atoms with Gasteiger partial charge in [-0.1, -0.05) is 6.92 Å². The third kappa shape index (κ3) is 2.62. The fourth-order valence-corrected chi connectivity index (χ4v) is 1.25. The Labute approximate surface area is 79.7 Å². The maximum atomic E-state index is 12.1. The fraction of sp³-hybridized carbons (Fsp3) is 0.714. The summed E-state index contributed by atoms with van der Waals surface area (Å²) in [6.45, 7) is 1.51. The summed E-state index contributed by atoms with van der Waals surface area (Å²) in [7, 11) is 0. The maximum Gasteiger partial charge on any atom is 0.256 e. The van der Waals surface area contributed by atoms with Gasteiger partial charge in [0, 0.05) is 6.42 Å². The van der Waals surface area contributed by atoms with Crippen LogP contribution < -0.4 is 0 Å². The zero-order chi connectivity index (χ0) is 9.84. The molecule has 74 valence electrons. The number of aromatic nitrogens is 3. The summed E-state index contributed by atoms with van der Waals surface area (Å²) in [5.74, 6) is 0.521. The number of alkyl halides is 2. The maximum absolute atomic E-state index is 12.1. The predicted octanol–water partition coefficient (Wildman–Crippen LogP) is 2.15. The first-order chi connectivity index (χ1) is 6.15. The molecule has 1 heterocycles. The molecule has 0 unspecified atom stereocenters. The van der Waals surface area contributed by atoms with Crippen molar-refractivity contribution in [1.82, 2.24) is 14.8 Å². The van der Waals surface area contributed by atoms with Gasteiger partial charge in [0.15, 0.2) is 0 Å². The average Bonchev–Trinajstić information content (AvgIpc) is 2.36. The highest BCUT2D eigenvalue weighted by Gasteiger charge is 2.13. The van der Waals surface area contributed by atoms with Crippen LogP contribution in [0.15, 0.2) is 0 Å². The van der Waals surface area contributed by atoms with Crippen LogP contribution in [0.1, 0.15) is 19.2 Å². The number of halogens is 3. The molecule has 0 aromatic carbocycles. The van der Waals surface area contributed by atoms with Gasteiger partial charge in [0.1, 0.15) is 5.82 Å². The summed E-state index contributed by atoms with van der Waals surface area (Å²) in [5, 5.41) is 7.27. The van der Waals surface area contributed by atoms with Gasteiger partial charge in [-0.2, -0.15) is 0 Å². The van der Waals surface area contributed by atoms with E-state index in [0.717, 1.165) is 6.42 Å². The van der Waals surface area contributed by atoms with Gasteiger partial charge in [0.05, 0.1) is 6.54 Å². The van der Waals surface area contributed by atoms with E-state index < -0.39 is 13.0 Å². The number of hydrogen-bond acceptors (Lipinski definition) is 2. The molecule has 0 saturated heterocycles. The third-order valence-corrected chi connectivity index (χ3v) is 1.86. The molecule has 1 aromatic rings. The Morgan fingerprint density at radius 2 is 2.15 bits per heavy atom. The topological polar surface area (TPSA) is 30.7 Å². The van der Waals surface area contributed by atoms with Gasteiger partial charge < -0.3 is 0 Å². The van der Waals surface area contributed by atoms with Gasteiger partial charge in [0.25, 0.3) is 6.43 Å². The molecule has 0 bridgehead atoms. The van der Waals surface area contributed by atoms with Gasteiger partial charge in [-0.25, -0.2) is 8.78 Å². The van der Waals surface area contributed by atoms with Gasteiger partial charge >= 0.3 is 0 Å². The van der Waals surface area contributed by atoms with Crippen molar-refractivity contribution in [3.63, 3.8) is 0 Å². The minimum Gasteiger partial charge on any atom is -0.296 e. The highest BCUT2D eigenvalue weighted by atomic mass is 35.5. The average molecular weight is 210 g/mol. The highest BCUT2D eigenvalue weighted by Crippen LogP contribution is 2.12. The molecule has 13 heavy (non-hydrogen) atoms. The molecule has 0 fully saturated rings. The fourth-order valence-electron chi connectivity index (χ4n) is 1.04. The lowest BCUT2D eigenvalue weighted by atomic mass is 10.3. The molecule has 3 nitrogen and oxygen atoms in total. The second-order valence-corrected chi connectivity index (χ2v) is 2.98. The van der Waals surface area contributed by atoms with Crippen molar-refractivity contribution in [2.45, 2.75) is 32.7 Å². The lowest BCUT2D eigenvalue weighted by Crippen LogP contribution is -2.10. The first kappa shape index (κ1) is 10.4. The third-order valence-electron chi connectivity index (χ3n) is 1.58. The van der Waals surface area contributed by atoms with E-state index in [0.29, 0.717) is 12.2 Å². The monoisotopic (exact) mass is 209 g/mol. The zero-order valence-electron chi connectivity index (χ0n) is 7.17. The van der Waals surface area contributed by atoms with Crippen molar-refractivity contribution in [1.29, 1.82) is 0 Å². The number of aryl methyl sites for hydroxylation is 1. The predicted molar refractivity (Wildman–Crippen MR) is 45.0 cm³/mol. The first-order valence-electron chi connectivity index (χ1n) is 4.00. The van der Waals surface area contributed by atoms with E-state index >= 15 is 0 Å². The van der Waals surface area contributed by atoms with Crippen molar-refractivity contribution in [3.05, 3.63) is 11.1 Å². The second kappa shape index (κ2) is 4.50. The molecule has 6 heteroatoms. The quantitative estimate of drug-likeness (QED) is 0.761. The van der Waals surface area contributed by atoms with Gasteiger partial charge in [-0.05, 0) is 18.0 Å². The standard InChI is InChI=1S/C7H10ClF2N3/c1-2-3-6-11-12-7(8)13(6)4-5(9)10/h5H,2-4H2,1H3. The van der Waals surface area contributed by atoms with Crippen LogP contribution in [0.2, 0.25) is 5.28 Å². The molecule has 0 N–H and O–H groups in total. The van der Waals surface area contributed by atoms with E-state index in [1.807, 2.05) is 6.92 Å². The summed E-state index contributed by atoms with van der Waals surface area (Å²) in [4.78, 5) is 0. The molecule has 0 atom stereocenters. The van der Waals surface area contributed by atoms with Crippen LogP contribution in [0.25, 0.3) is 0 Å². The van der Waals surface area contributed by atoms with Crippen molar-refractivity contribution < 1.29 is 8.78 Å². The van der Waals surface area contributed by atoms with Crippen molar-refractivity contribution in [2.75, 3.05) is 0 Å². The minimum atomic E-state index is -2.43. The van der Waals surface area contributed by atoms with Crippen LogP contribution in [0, 0.1) is 0 Å². The Balaban J connectivity index is 2.81. The molecule has 0 aliphatic carbocycles. The number of nitrogens with zero attached hydrogens (tertiary/aromatic N) is 3. The molecule has 0 amide bonds. The molecule has 1 aromatic heterocycles. The molecule has 0 aliphatic rings. The van der Waals surface area contributed by atoms with Crippen LogP contribution in [0.4, 0.5) is 8.78 Å². The first-order valence-corrected chi connectivity index (χ1v) is 4.38. The van der Waals surface area contributed by atoms with Crippen LogP contribution in [-0.4, -0.2) is 21.2 Å².